The molecule has 6 nitrogen and oxygen atoms in total. The van der Waals surface area contributed by atoms with Gasteiger partial charge in [0, 0.05) is 23.4 Å². The van der Waals surface area contributed by atoms with Crippen LogP contribution in [0.15, 0.2) is 65.1 Å². The third-order valence-corrected chi connectivity index (χ3v) is 6.40. The van der Waals surface area contributed by atoms with E-state index in [-0.39, 0.29) is 18.0 Å². The van der Waals surface area contributed by atoms with E-state index in [1.54, 1.807) is 0 Å². The zero-order chi connectivity index (χ0) is 22.6. The number of benzene rings is 2. The first-order valence-electron chi connectivity index (χ1n) is 10.7. The topological polar surface area (TPSA) is 88.6 Å². The van der Waals surface area contributed by atoms with Crippen LogP contribution in [0, 0.1) is 23.7 Å². The molecule has 0 aromatic heterocycles. The molecule has 32 heavy (non-hydrogen) atoms. The minimum absolute atomic E-state index is 0.0521. The van der Waals surface area contributed by atoms with Gasteiger partial charge in [-0.2, -0.15) is 5.26 Å². The number of nitrogens with two attached hydrogens (primary N) is 1. The van der Waals surface area contributed by atoms with Crippen LogP contribution in [0.4, 0.5) is 5.69 Å². The van der Waals surface area contributed by atoms with Crippen LogP contribution in [0.25, 0.3) is 0 Å². The van der Waals surface area contributed by atoms with E-state index in [4.69, 9.17) is 15.2 Å². The Kier molecular flexibility index (Phi) is 4.52. The van der Waals surface area contributed by atoms with E-state index in [2.05, 4.69) is 19.9 Å². The largest absolute Gasteiger partial charge is 0.454 e. The highest BCUT2D eigenvalue weighted by Crippen LogP contribution is 2.51. The molecule has 0 unspecified atom stereocenters. The van der Waals surface area contributed by atoms with E-state index < -0.39 is 5.92 Å². The van der Waals surface area contributed by atoms with Gasteiger partial charge in [-0.05, 0) is 48.6 Å². The molecule has 2 N–H and O–H groups in total. The number of allylic oxidation sites excluding steroid dienone is 3. The van der Waals surface area contributed by atoms with Crippen LogP contribution >= 0.6 is 0 Å². The number of nitriles is 1. The Morgan fingerprint density at radius 3 is 2.53 bits per heavy atom. The van der Waals surface area contributed by atoms with Gasteiger partial charge in [0.2, 0.25) is 6.79 Å². The number of rotatable bonds is 2. The minimum Gasteiger partial charge on any atom is -0.454 e. The van der Waals surface area contributed by atoms with Crippen LogP contribution in [-0.4, -0.2) is 12.6 Å². The maximum absolute atomic E-state index is 13.5. The van der Waals surface area contributed by atoms with Crippen molar-refractivity contribution < 1.29 is 14.3 Å². The molecule has 2 aliphatic heterocycles. The van der Waals surface area contributed by atoms with Crippen LogP contribution in [0.5, 0.6) is 11.5 Å². The van der Waals surface area contributed by atoms with Crippen LogP contribution in [0.3, 0.4) is 0 Å². The van der Waals surface area contributed by atoms with Crippen LogP contribution < -0.4 is 20.1 Å². The highest BCUT2D eigenvalue weighted by atomic mass is 16.7. The quantitative estimate of drug-likeness (QED) is 0.750. The van der Waals surface area contributed by atoms with Crippen molar-refractivity contribution in [1.29, 1.82) is 5.26 Å². The number of aryl methyl sites for hydroxylation is 1. The predicted molar refractivity (Wildman–Crippen MR) is 121 cm³/mol. The molecule has 0 spiro atoms. The molecular formula is C26H25N3O3. The van der Waals surface area contributed by atoms with Gasteiger partial charge in [0.05, 0.1) is 17.6 Å². The first kappa shape index (κ1) is 20.2. The van der Waals surface area contributed by atoms with Crippen molar-refractivity contribution >= 4 is 11.5 Å². The second kappa shape index (κ2) is 7.16. The number of fused-ring (bicyclic) bond motifs is 1. The molecule has 3 aliphatic rings. The maximum atomic E-state index is 13.5. The highest BCUT2D eigenvalue weighted by Gasteiger charge is 2.44. The van der Waals surface area contributed by atoms with Gasteiger partial charge in [0.15, 0.2) is 17.3 Å². The first-order chi connectivity index (χ1) is 15.3. The van der Waals surface area contributed by atoms with Crippen molar-refractivity contribution in [2.45, 2.75) is 39.5 Å². The van der Waals surface area contributed by atoms with Crippen molar-refractivity contribution in [3.8, 4) is 17.6 Å². The summed E-state index contributed by atoms with van der Waals surface area (Å²) >= 11 is 0. The van der Waals surface area contributed by atoms with Gasteiger partial charge in [-0.1, -0.05) is 37.6 Å². The summed E-state index contributed by atoms with van der Waals surface area (Å²) in [5.41, 5.74) is 11.1. The molecule has 0 fully saturated rings. The second-order valence-corrected chi connectivity index (χ2v) is 9.43. The average molecular weight is 428 g/mol. The molecule has 0 bridgehead atoms. The number of anilines is 1. The number of Topliss-reactive ketones (excluding diaryl/α,β-unsaturated/α-hetero) is 1. The number of hydrogen-bond donors (Lipinski definition) is 1. The number of ether oxygens (including phenoxy) is 2. The fourth-order valence-corrected chi connectivity index (χ4v) is 4.92. The van der Waals surface area contributed by atoms with E-state index in [1.165, 1.54) is 0 Å². The van der Waals surface area contributed by atoms with Crippen molar-refractivity contribution in [3.05, 3.63) is 76.3 Å². The minimum atomic E-state index is -0.533. The molecule has 162 valence electrons. The molecule has 2 aromatic carbocycles. The van der Waals surface area contributed by atoms with Crippen LogP contribution in [0.1, 0.15) is 43.7 Å². The Bertz CT molecular complexity index is 1230. The van der Waals surface area contributed by atoms with Gasteiger partial charge in [0.25, 0.3) is 0 Å². The number of hydrogen-bond acceptors (Lipinski definition) is 6. The molecule has 2 aromatic rings. The van der Waals surface area contributed by atoms with Crippen LogP contribution in [0.2, 0.25) is 0 Å². The zero-order valence-electron chi connectivity index (χ0n) is 18.4. The summed E-state index contributed by atoms with van der Waals surface area (Å²) < 4.78 is 11.0. The maximum Gasteiger partial charge on any atom is 0.231 e. The third kappa shape index (κ3) is 3.13. The molecular weight excluding hydrogens is 402 g/mol. The van der Waals surface area contributed by atoms with Crippen molar-refractivity contribution in [2.24, 2.45) is 11.1 Å². The first-order valence-corrected chi connectivity index (χ1v) is 10.7. The Morgan fingerprint density at radius 1 is 1.09 bits per heavy atom. The molecule has 1 atom stereocenters. The van der Waals surface area contributed by atoms with Crippen molar-refractivity contribution in [2.75, 3.05) is 11.7 Å². The zero-order valence-corrected chi connectivity index (χ0v) is 18.4. The molecule has 5 rings (SSSR count). The van der Waals surface area contributed by atoms with Gasteiger partial charge < -0.3 is 15.2 Å². The molecule has 0 radical (unpaired) electrons. The molecule has 1 aliphatic carbocycles. The van der Waals surface area contributed by atoms with Gasteiger partial charge in [-0.15, -0.1) is 0 Å². The summed E-state index contributed by atoms with van der Waals surface area (Å²) in [6.45, 7) is 6.37. The van der Waals surface area contributed by atoms with Crippen molar-refractivity contribution in [3.63, 3.8) is 0 Å². The molecule has 0 saturated carbocycles. The molecule has 2 heterocycles. The summed E-state index contributed by atoms with van der Waals surface area (Å²) in [5.74, 6) is 1.16. The molecule has 6 heteroatoms. The van der Waals surface area contributed by atoms with Gasteiger partial charge in [0.1, 0.15) is 5.82 Å². The fourth-order valence-electron chi connectivity index (χ4n) is 4.92. The summed E-state index contributed by atoms with van der Waals surface area (Å²) in [4.78, 5) is 15.4. The highest BCUT2D eigenvalue weighted by molar-refractivity contribution is 6.01. The Balaban J connectivity index is 1.74. The lowest BCUT2D eigenvalue weighted by Gasteiger charge is -2.43. The number of carbonyl (C=O) groups is 1. The average Bonchev–Trinajstić information content (AvgIpc) is 3.21. The molecule has 0 amide bonds. The SMILES string of the molecule is Cc1ccc(N2C(N)=C(C#N)[C@@H](c3ccc4c(c3)OCO4)C3=C2CC(C)(C)CC3=O)cc1. The lowest BCUT2D eigenvalue weighted by atomic mass is 9.68. The van der Waals surface area contributed by atoms with Crippen molar-refractivity contribution in [1.82, 2.24) is 0 Å². The van der Waals surface area contributed by atoms with Gasteiger partial charge in [-0.3, -0.25) is 9.69 Å². The van der Waals surface area contributed by atoms with E-state index in [9.17, 15) is 10.1 Å². The standard InChI is InChI=1S/C26H25N3O3/c1-15-4-7-17(8-5-15)29-19-11-26(2,3)12-20(30)24(19)23(18(13-27)25(29)28)16-6-9-21-22(10-16)32-14-31-21/h4-10,23H,11-12,14,28H2,1-3H3/t23-/m1/s1. The lowest BCUT2D eigenvalue weighted by molar-refractivity contribution is -0.118. The second-order valence-electron chi connectivity index (χ2n) is 9.43. The summed E-state index contributed by atoms with van der Waals surface area (Å²) in [5, 5.41) is 10.2. The third-order valence-electron chi connectivity index (χ3n) is 6.40. The van der Waals surface area contributed by atoms with Crippen LogP contribution in [-0.2, 0) is 4.79 Å². The molecule has 0 saturated heterocycles. The Labute approximate surface area is 187 Å². The lowest BCUT2D eigenvalue weighted by Crippen LogP contribution is -2.42. The Morgan fingerprint density at radius 2 is 1.81 bits per heavy atom. The summed E-state index contributed by atoms with van der Waals surface area (Å²) in [6, 6.07) is 15.9. The number of carbonyl (C=O) groups excluding carboxylic acids is 1. The normalized spacial score (nSPS) is 21.5. The Hall–Kier alpha value is -3.72. The van der Waals surface area contributed by atoms with E-state index >= 15 is 0 Å². The van der Waals surface area contributed by atoms with E-state index in [0.717, 1.165) is 22.5 Å². The number of nitrogens with zero attached hydrogens (tertiary/aromatic N) is 2. The fraction of sp³-hybridized carbons (Fsp3) is 0.308. The summed E-state index contributed by atoms with van der Waals surface area (Å²) in [6.07, 6.45) is 1.11. The summed E-state index contributed by atoms with van der Waals surface area (Å²) in [7, 11) is 0. The smallest absolute Gasteiger partial charge is 0.231 e. The predicted octanol–water partition coefficient (Wildman–Crippen LogP) is 4.66. The van der Waals surface area contributed by atoms with E-state index in [1.807, 2.05) is 54.3 Å². The van der Waals surface area contributed by atoms with E-state index in [0.29, 0.717) is 41.3 Å². The van der Waals surface area contributed by atoms with Gasteiger partial charge in [-0.25, -0.2) is 0 Å². The monoisotopic (exact) mass is 427 g/mol. The van der Waals surface area contributed by atoms with Gasteiger partial charge >= 0.3 is 0 Å². The number of ketones is 1.